The van der Waals surface area contributed by atoms with Crippen molar-refractivity contribution in [2.45, 2.75) is 26.8 Å². The third-order valence-corrected chi connectivity index (χ3v) is 4.31. The van der Waals surface area contributed by atoms with Crippen LogP contribution in [-0.2, 0) is 13.0 Å². The molecule has 148 valence electrons. The van der Waals surface area contributed by atoms with Gasteiger partial charge in [0.1, 0.15) is 5.76 Å². The van der Waals surface area contributed by atoms with Gasteiger partial charge in [-0.1, -0.05) is 5.16 Å². The summed E-state index contributed by atoms with van der Waals surface area (Å²) >= 11 is 0. The highest BCUT2D eigenvalue weighted by Gasteiger charge is 2.13. The summed E-state index contributed by atoms with van der Waals surface area (Å²) in [5.41, 5.74) is 2.73. The molecule has 0 aliphatic rings. The molecule has 4 aromatic heterocycles. The van der Waals surface area contributed by atoms with Gasteiger partial charge in [-0.25, -0.2) is 0 Å². The Morgan fingerprint density at radius 3 is 2.90 bits per heavy atom. The lowest BCUT2D eigenvalue weighted by molar-refractivity contribution is 0.0924. The molecule has 9 nitrogen and oxygen atoms in total. The number of nitrogens with one attached hydrogen (secondary N) is 1. The number of pyridine rings is 1. The molecule has 0 saturated carbocycles. The maximum atomic E-state index is 12.3. The Bertz CT molecular complexity index is 1110. The minimum Gasteiger partial charge on any atom is -0.454 e. The van der Waals surface area contributed by atoms with Gasteiger partial charge in [-0.3, -0.25) is 14.5 Å². The Morgan fingerprint density at radius 1 is 1.24 bits per heavy atom. The first-order chi connectivity index (χ1) is 14.1. The fourth-order valence-electron chi connectivity index (χ4n) is 2.90. The Kier molecular flexibility index (Phi) is 5.19. The highest BCUT2D eigenvalue weighted by atomic mass is 16.5. The van der Waals surface area contributed by atoms with Crippen LogP contribution in [-0.4, -0.2) is 37.4 Å². The first-order valence-electron chi connectivity index (χ1n) is 9.19. The van der Waals surface area contributed by atoms with Gasteiger partial charge in [0.15, 0.2) is 11.6 Å². The number of furan rings is 1. The number of rotatable bonds is 7. The zero-order valence-corrected chi connectivity index (χ0v) is 16.1. The van der Waals surface area contributed by atoms with Gasteiger partial charge in [0.25, 0.3) is 11.8 Å². The van der Waals surface area contributed by atoms with E-state index in [-0.39, 0.29) is 11.7 Å². The molecule has 0 radical (unpaired) electrons. The summed E-state index contributed by atoms with van der Waals surface area (Å²) in [6.45, 7) is 4.76. The number of hydrogen-bond donors (Lipinski definition) is 1. The minimum absolute atomic E-state index is 0.255. The molecule has 0 aliphatic carbocycles. The number of aryl methyl sites for hydroxylation is 2. The molecule has 1 amide bonds. The van der Waals surface area contributed by atoms with Crippen molar-refractivity contribution in [1.29, 1.82) is 0 Å². The molecule has 0 aromatic carbocycles. The molecule has 0 atom stereocenters. The maximum absolute atomic E-state index is 12.3. The second-order valence-electron chi connectivity index (χ2n) is 6.61. The van der Waals surface area contributed by atoms with Gasteiger partial charge in [-0.2, -0.15) is 10.1 Å². The van der Waals surface area contributed by atoms with E-state index in [9.17, 15) is 4.79 Å². The molecule has 29 heavy (non-hydrogen) atoms. The smallest absolute Gasteiger partial charge is 0.287 e. The number of hydrogen-bond acceptors (Lipinski definition) is 7. The number of aromatic nitrogens is 5. The van der Waals surface area contributed by atoms with Gasteiger partial charge in [0.2, 0.25) is 0 Å². The van der Waals surface area contributed by atoms with Crippen molar-refractivity contribution < 1.29 is 13.7 Å². The molecular formula is C20H20N6O3. The lowest BCUT2D eigenvalue weighted by atomic mass is 10.3. The van der Waals surface area contributed by atoms with Crippen LogP contribution in [0.3, 0.4) is 0 Å². The topological polar surface area (TPSA) is 112 Å². The van der Waals surface area contributed by atoms with Crippen molar-refractivity contribution in [3.8, 4) is 11.5 Å². The van der Waals surface area contributed by atoms with Gasteiger partial charge in [-0.05, 0) is 44.2 Å². The molecule has 4 heterocycles. The van der Waals surface area contributed by atoms with Crippen molar-refractivity contribution in [3.05, 3.63) is 71.5 Å². The Balaban J connectivity index is 1.30. The molecule has 0 unspecified atom stereocenters. The highest BCUT2D eigenvalue weighted by molar-refractivity contribution is 5.91. The Hall–Kier alpha value is -3.75. The van der Waals surface area contributed by atoms with E-state index < -0.39 is 0 Å². The van der Waals surface area contributed by atoms with Gasteiger partial charge in [0.05, 0.1) is 17.8 Å². The van der Waals surface area contributed by atoms with Crippen molar-refractivity contribution >= 4 is 5.91 Å². The van der Waals surface area contributed by atoms with Crippen LogP contribution >= 0.6 is 0 Å². The summed E-state index contributed by atoms with van der Waals surface area (Å²) < 4.78 is 12.7. The molecule has 0 saturated heterocycles. The predicted octanol–water partition coefficient (Wildman–Crippen LogP) is 2.56. The molecule has 1 N–H and O–H groups in total. The lowest BCUT2D eigenvalue weighted by Crippen LogP contribution is -2.25. The molecule has 4 aromatic rings. The molecule has 0 bridgehead atoms. The average Bonchev–Trinajstić information content (AvgIpc) is 3.44. The summed E-state index contributed by atoms with van der Waals surface area (Å²) in [6.07, 6.45) is 3.77. The number of nitrogens with zero attached hydrogens (tertiary/aromatic N) is 5. The molecule has 0 spiro atoms. The third kappa shape index (κ3) is 4.40. The van der Waals surface area contributed by atoms with E-state index in [1.165, 1.54) is 0 Å². The largest absolute Gasteiger partial charge is 0.454 e. The number of carbonyl (C=O) groups is 1. The van der Waals surface area contributed by atoms with E-state index in [2.05, 4.69) is 25.5 Å². The molecule has 9 heteroatoms. The maximum Gasteiger partial charge on any atom is 0.287 e. The third-order valence-electron chi connectivity index (χ3n) is 4.31. The van der Waals surface area contributed by atoms with Gasteiger partial charge in [0, 0.05) is 31.1 Å². The second-order valence-corrected chi connectivity index (χ2v) is 6.61. The summed E-state index contributed by atoms with van der Waals surface area (Å²) in [5, 5.41) is 11.1. The monoisotopic (exact) mass is 392 g/mol. The Labute approximate surface area is 166 Å². The minimum atomic E-state index is -0.291. The standard InChI is InChI=1S/C20H20N6O3/c1-13-10-14(2)26(24-13)12-16-5-6-17(28-16)19(27)22-9-7-18-23-20(29-25-18)15-4-3-8-21-11-15/h3-6,8,10-11H,7,9,12H2,1-2H3,(H,22,27). The van der Waals surface area contributed by atoms with Crippen LogP contribution < -0.4 is 5.32 Å². The van der Waals surface area contributed by atoms with Crippen LogP contribution in [0.15, 0.2) is 51.7 Å². The van der Waals surface area contributed by atoms with Crippen LogP contribution in [0.5, 0.6) is 0 Å². The van der Waals surface area contributed by atoms with Crippen molar-refractivity contribution in [1.82, 2.24) is 30.2 Å². The quantitative estimate of drug-likeness (QED) is 0.514. The number of carbonyl (C=O) groups excluding carboxylic acids is 1. The summed E-state index contributed by atoms with van der Waals surface area (Å²) in [7, 11) is 0. The molecular weight excluding hydrogens is 372 g/mol. The molecule has 4 rings (SSSR count). The number of amides is 1. The van der Waals surface area contributed by atoms with Crippen LogP contribution in [0.1, 0.15) is 33.5 Å². The highest BCUT2D eigenvalue weighted by Crippen LogP contribution is 2.15. The second kappa shape index (κ2) is 8.09. The van der Waals surface area contributed by atoms with E-state index >= 15 is 0 Å². The normalized spacial score (nSPS) is 11.0. The zero-order chi connectivity index (χ0) is 20.2. The van der Waals surface area contributed by atoms with E-state index in [0.29, 0.717) is 37.0 Å². The van der Waals surface area contributed by atoms with Gasteiger partial charge in [-0.15, -0.1) is 0 Å². The van der Waals surface area contributed by atoms with Crippen LogP contribution in [0.4, 0.5) is 0 Å². The van der Waals surface area contributed by atoms with Crippen LogP contribution in [0.25, 0.3) is 11.5 Å². The van der Waals surface area contributed by atoms with Crippen LogP contribution in [0.2, 0.25) is 0 Å². The summed E-state index contributed by atoms with van der Waals surface area (Å²) in [4.78, 5) is 20.6. The zero-order valence-electron chi connectivity index (χ0n) is 16.1. The summed E-state index contributed by atoms with van der Waals surface area (Å²) in [6, 6.07) is 9.07. The first kappa shape index (κ1) is 18.6. The van der Waals surface area contributed by atoms with Gasteiger partial charge < -0.3 is 14.3 Å². The van der Waals surface area contributed by atoms with E-state index in [1.54, 1.807) is 30.6 Å². The summed E-state index contributed by atoms with van der Waals surface area (Å²) in [5.74, 6) is 1.54. The fourth-order valence-corrected chi connectivity index (χ4v) is 2.90. The average molecular weight is 392 g/mol. The Morgan fingerprint density at radius 2 is 2.14 bits per heavy atom. The van der Waals surface area contributed by atoms with Gasteiger partial charge >= 0.3 is 0 Å². The van der Waals surface area contributed by atoms with E-state index in [0.717, 1.165) is 17.0 Å². The van der Waals surface area contributed by atoms with Crippen molar-refractivity contribution in [2.24, 2.45) is 0 Å². The lowest BCUT2D eigenvalue weighted by Gasteiger charge is -2.02. The SMILES string of the molecule is Cc1cc(C)n(Cc2ccc(C(=O)NCCc3noc(-c4cccnc4)n3)o2)n1. The predicted molar refractivity (Wildman–Crippen MR) is 103 cm³/mol. The van der Waals surface area contributed by atoms with E-state index in [4.69, 9.17) is 8.94 Å². The van der Waals surface area contributed by atoms with E-state index in [1.807, 2.05) is 30.7 Å². The van der Waals surface area contributed by atoms with Crippen molar-refractivity contribution in [2.75, 3.05) is 6.54 Å². The fraction of sp³-hybridized carbons (Fsp3) is 0.250. The molecule has 0 fully saturated rings. The van der Waals surface area contributed by atoms with Crippen LogP contribution in [0, 0.1) is 13.8 Å². The van der Waals surface area contributed by atoms with Crippen molar-refractivity contribution in [3.63, 3.8) is 0 Å². The first-order valence-corrected chi connectivity index (χ1v) is 9.19. The molecule has 0 aliphatic heterocycles.